The Morgan fingerprint density at radius 1 is 0.973 bits per heavy atom. The number of nitrogens with zero attached hydrogens (tertiary/aromatic N) is 8. The first kappa shape index (κ1) is 25.2. The van der Waals surface area contributed by atoms with Crippen LogP contribution in [0.15, 0.2) is 30.9 Å². The molecule has 194 valence electrons. The Morgan fingerprint density at radius 3 is 2.35 bits per heavy atom. The van der Waals surface area contributed by atoms with Crippen LogP contribution >= 0.6 is 0 Å². The van der Waals surface area contributed by atoms with Gasteiger partial charge in [-0.25, -0.2) is 29.3 Å². The van der Waals surface area contributed by atoms with Crippen molar-refractivity contribution in [2.45, 2.75) is 47.2 Å². The predicted octanol–water partition coefficient (Wildman–Crippen LogP) is 4.50. The van der Waals surface area contributed by atoms with Gasteiger partial charge >= 0.3 is 0 Å². The molecule has 1 aliphatic rings. The van der Waals surface area contributed by atoms with Crippen molar-refractivity contribution < 1.29 is 4.39 Å². The van der Waals surface area contributed by atoms with Gasteiger partial charge in [0.1, 0.15) is 23.5 Å². The SMILES string of the molecule is CCN1CCN(Cc2cnc(Nc3ncnc(-c4cc(F)c5nc(C)n(C(C)C)c5c4)c3C)nc2)CC1. The Morgan fingerprint density at radius 2 is 1.68 bits per heavy atom. The van der Waals surface area contributed by atoms with Gasteiger partial charge in [0, 0.05) is 67.8 Å². The van der Waals surface area contributed by atoms with Crippen LogP contribution in [0.5, 0.6) is 0 Å². The van der Waals surface area contributed by atoms with Gasteiger partial charge < -0.3 is 14.8 Å². The lowest BCUT2D eigenvalue weighted by Crippen LogP contribution is -2.45. The fourth-order valence-electron chi connectivity index (χ4n) is 5.05. The zero-order valence-electron chi connectivity index (χ0n) is 22.2. The van der Waals surface area contributed by atoms with Crippen LogP contribution in [0.1, 0.15) is 43.8 Å². The lowest BCUT2D eigenvalue weighted by molar-refractivity contribution is 0.132. The molecule has 37 heavy (non-hydrogen) atoms. The summed E-state index contributed by atoms with van der Waals surface area (Å²) < 4.78 is 17.1. The van der Waals surface area contributed by atoms with E-state index in [1.54, 1.807) is 0 Å². The van der Waals surface area contributed by atoms with Crippen molar-refractivity contribution in [3.05, 3.63) is 53.6 Å². The van der Waals surface area contributed by atoms with Crippen molar-refractivity contribution in [2.24, 2.45) is 0 Å². The molecule has 1 saturated heterocycles. The molecule has 10 heteroatoms. The van der Waals surface area contributed by atoms with Gasteiger partial charge in [-0.1, -0.05) is 6.92 Å². The van der Waals surface area contributed by atoms with Gasteiger partial charge in [-0.15, -0.1) is 0 Å². The molecule has 4 heterocycles. The fraction of sp³-hybridized carbons (Fsp3) is 0.444. The van der Waals surface area contributed by atoms with Crippen molar-refractivity contribution in [1.82, 2.24) is 39.3 Å². The van der Waals surface area contributed by atoms with E-state index in [2.05, 4.69) is 60.8 Å². The van der Waals surface area contributed by atoms with Crippen molar-refractivity contribution >= 4 is 22.8 Å². The molecule has 5 rings (SSSR count). The normalized spacial score (nSPS) is 15.1. The largest absolute Gasteiger partial charge is 0.326 e. The van der Waals surface area contributed by atoms with E-state index in [1.165, 1.54) is 12.4 Å². The summed E-state index contributed by atoms with van der Waals surface area (Å²) in [7, 11) is 0. The number of hydrogen-bond acceptors (Lipinski definition) is 8. The minimum atomic E-state index is -0.363. The molecule has 0 unspecified atom stereocenters. The maximum atomic E-state index is 15.1. The number of hydrogen-bond donors (Lipinski definition) is 1. The number of aryl methyl sites for hydroxylation is 1. The van der Waals surface area contributed by atoms with Crippen LogP contribution in [0.25, 0.3) is 22.3 Å². The first-order chi connectivity index (χ1) is 17.8. The third kappa shape index (κ3) is 5.17. The first-order valence-corrected chi connectivity index (χ1v) is 12.9. The van der Waals surface area contributed by atoms with Gasteiger partial charge in [0.15, 0.2) is 5.82 Å². The zero-order chi connectivity index (χ0) is 26.1. The summed E-state index contributed by atoms with van der Waals surface area (Å²) in [6, 6.07) is 3.59. The molecule has 0 atom stereocenters. The van der Waals surface area contributed by atoms with Gasteiger partial charge in [0.05, 0.1) is 11.2 Å². The molecule has 4 aromatic rings. The highest BCUT2D eigenvalue weighted by Gasteiger charge is 2.19. The number of anilines is 2. The van der Waals surface area contributed by atoms with E-state index in [9.17, 15) is 0 Å². The van der Waals surface area contributed by atoms with Crippen LogP contribution in [-0.2, 0) is 6.54 Å². The second-order valence-electron chi connectivity index (χ2n) is 9.89. The molecule has 0 spiro atoms. The van der Waals surface area contributed by atoms with E-state index in [0.717, 1.165) is 61.7 Å². The Kier molecular flexibility index (Phi) is 7.12. The summed E-state index contributed by atoms with van der Waals surface area (Å²) in [6.07, 6.45) is 5.19. The Balaban J connectivity index is 1.36. The Hall–Kier alpha value is -3.50. The summed E-state index contributed by atoms with van der Waals surface area (Å²) in [4.78, 5) is 27.2. The molecule has 0 saturated carbocycles. The molecule has 1 aliphatic heterocycles. The highest BCUT2D eigenvalue weighted by atomic mass is 19.1. The highest BCUT2D eigenvalue weighted by molar-refractivity contribution is 5.84. The molecule has 3 aromatic heterocycles. The number of halogens is 1. The standard InChI is InChI=1S/C27H34FN9/c1-6-35-7-9-36(10-8-35)15-20-13-29-27(30-14-20)34-26-18(4)24(31-16-32-26)21-11-22(28)25-23(12-21)37(17(2)3)19(5)33-25/h11-14,16-17H,6-10,15H2,1-5H3,(H,29,30,31,32,34). The van der Waals surface area contributed by atoms with Crippen LogP contribution < -0.4 is 5.32 Å². The van der Waals surface area contributed by atoms with Crippen LogP contribution in [-0.4, -0.2) is 72.0 Å². The van der Waals surface area contributed by atoms with Crippen molar-refractivity contribution in [3.8, 4) is 11.3 Å². The third-order valence-corrected chi connectivity index (χ3v) is 7.05. The molecular formula is C27H34FN9. The first-order valence-electron chi connectivity index (χ1n) is 12.9. The van der Waals surface area contributed by atoms with Crippen LogP contribution in [0.2, 0.25) is 0 Å². The number of fused-ring (bicyclic) bond motifs is 1. The van der Waals surface area contributed by atoms with Gasteiger partial charge in [-0.2, -0.15) is 0 Å². The second-order valence-corrected chi connectivity index (χ2v) is 9.89. The van der Waals surface area contributed by atoms with Gasteiger partial charge in [0.25, 0.3) is 0 Å². The topological polar surface area (TPSA) is 87.9 Å². The molecule has 1 aromatic carbocycles. The predicted molar refractivity (Wildman–Crippen MR) is 143 cm³/mol. The van der Waals surface area contributed by atoms with E-state index in [-0.39, 0.29) is 11.9 Å². The Bertz CT molecular complexity index is 1390. The number of nitrogens with one attached hydrogen (secondary N) is 1. The zero-order valence-corrected chi connectivity index (χ0v) is 22.2. The molecule has 0 aliphatic carbocycles. The number of benzene rings is 1. The quantitative estimate of drug-likeness (QED) is 0.394. The molecule has 9 nitrogen and oxygen atoms in total. The van der Waals surface area contributed by atoms with Crippen molar-refractivity contribution in [1.29, 1.82) is 0 Å². The lowest BCUT2D eigenvalue weighted by atomic mass is 10.1. The average Bonchev–Trinajstić information content (AvgIpc) is 3.23. The minimum Gasteiger partial charge on any atom is -0.326 e. The average molecular weight is 504 g/mol. The molecule has 0 amide bonds. The van der Waals surface area contributed by atoms with Crippen molar-refractivity contribution in [3.63, 3.8) is 0 Å². The van der Waals surface area contributed by atoms with E-state index < -0.39 is 0 Å². The van der Waals surface area contributed by atoms with Crippen molar-refractivity contribution in [2.75, 3.05) is 38.0 Å². The third-order valence-electron chi connectivity index (χ3n) is 7.05. The summed E-state index contributed by atoms with van der Waals surface area (Å²) in [5.74, 6) is 1.47. The van der Waals surface area contributed by atoms with E-state index in [0.29, 0.717) is 28.5 Å². The summed E-state index contributed by atoms with van der Waals surface area (Å²) in [5, 5.41) is 3.21. The van der Waals surface area contributed by atoms with Crippen LogP contribution in [0, 0.1) is 19.7 Å². The summed E-state index contributed by atoms with van der Waals surface area (Å²) in [6.45, 7) is 16.4. The molecule has 0 radical (unpaired) electrons. The number of likely N-dealkylation sites (N-methyl/N-ethyl adjacent to an activating group) is 1. The van der Waals surface area contributed by atoms with E-state index >= 15 is 4.39 Å². The number of rotatable bonds is 7. The van der Waals surface area contributed by atoms with E-state index in [4.69, 9.17) is 0 Å². The summed E-state index contributed by atoms with van der Waals surface area (Å²) in [5.41, 5.74) is 4.32. The fourth-order valence-corrected chi connectivity index (χ4v) is 5.05. The Labute approximate surface area is 216 Å². The monoisotopic (exact) mass is 503 g/mol. The van der Waals surface area contributed by atoms with Gasteiger partial charge in [0.2, 0.25) is 5.95 Å². The summed E-state index contributed by atoms with van der Waals surface area (Å²) >= 11 is 0. The number of imidazole rings is 1. The second kappa shape index (κ2) is 10.5. The maximum absolute atomic E-state index is 15.1. The molecular weight excluding hydrogens is 469 g/mol. The number of piperazine rings is 1. The number of aromatic nitrogens is 6. The molecule has 1 N–H and O–H groups in total. The smallest absolute Gasteiger partial charge is 0.228 e. The van der Waals surface area contributed by atoms with Gasteiger partial charge in [-0.3, -0.25) is 4.90 Å². The van der Waals surface area contributed by atoms with Crippen LogP contribution in [0.4, 0.5) is 16.2 Å². The van der Waals surface area contributed by atoms with E-state index in [1.807, 2.05) is 36.9 Å². The van der Waals surface area contributed by atoms with Crippen LogP contribution in [0.3, 0.4) is 0 Å². The molecule has 1 fully saturated rings. The lowest BCUT2D eigenvalue weighted by Gasteiger charge is -2.33. The minimum absolute atomic E-state index is 0.157. The highest BCUT2D eigenvalue weighted by Crippen LogP contribution is 2.31. The van der Waals surface area contributed by atoms with Gasteiger partial charge in [-0.05, 0) is 46.4 Å². The molecule has 0 bridgehead atoms. The maximum Gasteiger partial charge on any atom is 0.228 e.